The molecule has 1 unspecified atom stereocenters. The van der Waals surface area contributed by atoms with Gasteiger partial charge in [-0.25, -0.2) is 0 Å². The van der Waals surface area contributed by atoms with Crippen LogP contribution in [0.1, 0.15) is 16.6 Å². The molecule has 11 nitrogen and oxygen atoms in total. The molecule has 2 aromatic heterocycles. The number of fused-ring (bicyclic) bond motifs is 2. The first-order valence-corrected chi connectivity index (χ1v) is 11.6. The van der Waals surface area contributed by atoms with Crippen LogP contribution >= 0.6 is 7.82 Å². The summed E-state index contributed by atoms with van der Waals surface area (Å²) in [7, 11) is -1.79. The van der Waals surface area contributed by atoms with E-state index in [1.54, 1.807) is 28.8 Å². The summed E-state index contributed by atoms with van der Waals surface area (Å²) in [5.74, 6) is -0.0847. The number of rotatable bonds is 3. The van der Waals surface area contributed by atoms with Crippen LogP contribution in [0, 0.1) is 0 Å². The van der Waals surface area contributed by atoms with Gasteiger partial charge in [0.05, 0.1) is 0 Å². The van der Waals surface area contributed by atoms with Gasteiger partial charge in [-0.3, -0.25) is 0 Å². The molecular formula is C17H19BN5O6P. The minimum atomic E-state index is -3.28. The van der Waals surface area contributed by atoms with Crippen LogP contribution in [0.5, 0.6) is 0 Å². The molecule has 0 bridgehead atoms. The minimum absolute atomic E-state index is 0.122. The van der Waals surface area contributed by atoms with E-state index >= 15 is 0 Å². The summed E-state index contributed by atoms with van der Waals surface area (Å²) in [6, 6.07) is 8.74. The Morgan fingerprint density at radius 1 is 1.27 bits per heavy atom. The van der Waals surface area contributed by atoms with Crippen LogP contribution in [-0.4, -0.2) is 67.9 Å². The maximum atomic E-state index is 12.5. The van der Waals surface area contributed by atoms with E-state index in [1.807, 2.05) is 6.07 Å². The van der Waals surface area contributed by atoms with Crippen molar-refractivity contribution in [3.63, 3.8) is 0 Å². The molecule has 0 saturated carbocycles. The van der Waals surface area contributed by atoms with Crippen LogP contribution < -0.4 is 5.32 Å². The second kappa shape index (κ2) is 7.34. The number of amides is 1. The number of nitrogens with one attached hydrogen (secondary N) is 1. The molecule has 3 aromatic rings. The molecule has 1 amide bonds. The normalized spacial score (nSPS) is 28.7. The Morgan fingerprint density at radius 3 is 2.87 bits per heavy atom. The van der Waals surface area contributed by atoms with Gasteiger partial charge in [-0.2, -0.15) is 0 Å². The Kier molecular flexibility index (Phi) is 4.77. The monoisotopic (exact) mass is 431 g/mol. The number of ether oxygens (including phenoxy) is 1. The number of hydrogen-bond donors (Lipinski definition) is 3. The Morgan fingerprint density at radius 2 is 2.07 bits per heavy atom. The maximum absolute atomic E-state index is 12.5. The standard InChI is InChI=1S/C17H19BN5O6P/c18-30(26)27-6-10-13(29-30)12(24)17(28-10)23-8-21-11-14(19-7-20-15(11)23)22-16(25)9-4-2-1-3-5-9/h1-5,7-8,10,12-13,17,24,26,30H,6,18H2,(H,19,20,22,25)/t10-,12?,13+,17-/m1/s1. The first-order chi connectivity index (χ1) is 14.4. The van der Waals surface area contributed by atoms with Crippen LogP contribution in [0.3, 0.4) is 0 Å². The molecule has 4 atom stereocenters. The average Bonchev–Trinajstić information content (AvgIpc) is 3.30. The predicted molar refractivity (Wildman–Crippen MR) is 110 cm³/mol. The van der Waals surface area contributed by atoms with Crippen LogP contribution in [0.4, 0.5) is 5.82 Å². The van der Waals surface area contributed by atoms with Gasteiger partial charge in [0.15, 0.2) is 0 Å². The molecule has 5 rings (SSSR count). The Labute approximate surface area is 172 Å². The van der Waals surface area contributed by atoms with E-state index < -0.39 is 32.4 Å². The van der Waals surface area contributed by atoms with Crippen molar-refractivity contribution in [1.82, 2.24) is 19.5 Å². The van der Waals surface area contributed by atoms with Crippen molar-refractivity contribution in [2.24, 2.45) is 0 Å². The third-order valence-electron chi connectivity index (χ3n) is 5.08. The van der Waals surface area contributed by atoms with Gasteiger partial charge in [0.1, 0.15) is 0 Å². The van der Waals surface area contributed by atoms with E-state index in [2.05, 4.69) is 20.3 Å². The number of carbonyl (C=O) groups is 1. The van der Waals surface area contributed by atoms with Gasteiger partial charge in [0.25, 0.3) is 0 Å². The van der Waals surface area contributed by atoms with Gasteiger partial charge >= 0.3 is 153 Å². The predicted octanol–water partition coefficient (Wildman–Crippen LogP) is -0.212. The zero-order chi connectivity index (χ0) is 20.9. The quantitative estimate of drug-likeness (QED) is 0.379. The van der Waals surface area contributed by atoms with Crippen molar-refractivity contribution in [2.75, 3.05) is 11.9 Å². The SMILES string of the molecule is B[PH]1(O)OC[C@H]2O[C@@H](n3cnc4c(NC(=O)c5ccccc5)ncnc43)C(O)[C@H]2O1. The van der Waals surface area contributed by atoms with Crippen LogP contribution in [0.15, 0.2) is 43.0 Å². The summed E-state index contributed by atoms with van der Waals surface area (Å²) < 4.78 is 18.3. The summed E-state index contributed by atoms with van der Waals surface area (Å²) in [5, 5.41) is 13.5. The number of hydrogen-bond acceptors (Lipinski definition) is 9. The first-order valence-electron chi connectivity index (χ1n) is 9.34. The summed E-state index contributed by atoms with van der Waals surface area (Å²) >= 11 is 0. The molecule has 2 fully saturated rings. The van der Waals surface area contributed by atoms with Crippen molar-refractivity contribution in [3.05, 3.63) is 48.5 Å². The topological polar surface area (TPSA) is 141 Å². The second-order valence-electron chi connectivity index (χ2n) is 7.21. The second-order valence-corrected chi connectivity index (χ2v) is 9.53. The molecule has 4 heterocycles. The van der Waals surface area contributed by atoms with E-state index in [9.17, 15) is 14.8 Å². The van der Waals surface area contributed by atoms with Crippen LogP contribution in [0.2, 0.25) is 0 Å². The summed E-state index contributed by atoms with van der Waals surface area (Å²) in [6.07, 6.45) is -0.403. The number of carbonyl (C=O) groups excluding carboxylic acids is 1. The van der Waals surface area contributed by atoms with Crippen molar-refractivity contribution >= 4 is 38.3 Å². The molecule has 1 aromatic carbocycles. The van der Waals surface area contributed by atoms with E-state index in [1.165, 1.54) is 20.2 Å². The number of aliphatic hydroxyl groups excluding tert-OH is 1. The molecule has 156 valence electrons. The number of imidazole rings is 1. The summed E-state index contributed by atoms with van der Waals surface area (Å²) in [6.45, 7) is 0.122. The summed E-state index contributed by atoms with van der Waals surface area (Å²) in [5.41, 5.74) is 1.21. The Bertz CT molecular complexity index is 1100. The fourth-order valence-corrected chi connectivity index (χ4v) is 4.99. The molecule has 13 heteroatoms. The number of aromatic nitrogens is 4. The van der Waals surface area contributed by atoms with Gasteiger partial charge in [0, 0.05) is 0 Å². The zero-order valence-electron chi connectivity index (χ0n) is 15.9. The van der Waals surface area contributed by atoms with Crippen molar-refractivity contribution < 1.29 is 28.6 Å². The van der Waals surface area contributed by atoms with Crippen molar-refractivity contribution in [2.45, 2.75) is 24.5 Å². The molecule has 2 aliphatic rings. The number of aliphatic hydroxyl groups is 1. The van der Waals surface area contributed by atoms with Crippen LogP contribution in [-0.2, 0) is 13.8 Å². The number of benzene rings is 1. The third-order valence-corrected chi connectivity index (χ3v) is 6.49. The van der Waals surface area contributed by atoms with Gasteiger partial charge < -0.3 is 0 Å². The van der Waals surface area contributed by atoms with Gasteiger partial charge in [-0.15, -0.1) is 0 Å². The van der Waals surface area contributed by atoms with Gasteiger partial charge in [0.2, 0.25) is 0 Å². The molecular weight excluding hydrogens is 412 g/mol. The van der Waals surface area contributed by atoms with E-state index in [4.69, 9.17) is 13.8 Å². The average molecular weight is 431 g/mol. The Hall–Kier alpha value is -2.47. The zero-order valence-corrected chi connectivity index (χ0v) is 16.9. The van der Waals surface area contributed by atoms with Crippen LogP contribution in [0.25, 0.3) is 11.2 Å². The number of nitrogens with zero attached hydrogens (tertiary/aromatic N) is 4. The van der Waals surface area contributed by atoms with E-state index in [0.717, 1.165) is 0 Å². The van der Waals surface area contributed by atoms with E-state index in [-0.39, 0.29) is 18.3 Å². The van der Waals surface area contributed by atoms with Crippen molar-refractivity contribution in [3.8, 4) is 0 Å². The van der Waals surface area contributed by atoms with Gasteiger partial charge in [-0.1, -0.05) is 18.2 Å². The molecule has 2 aliphatic heterocycles. The first kappa shape index (κ1) is 19.5. The fourth-order valence-electron chi connectivity index (χ4n) is 3.65. The third kappa shape index (κ3) is 3.37. The molecule has 2 saturated heterocycles. The van der Waals surface area contributed by atoms with Gasteiger partial charge in [-0.05, 0) is 0 Å². The molecule has 30 heavy (non-hydrogen) atoms. The summed E-state index contributed by atoms with van der Waals surface area (Å²) in [4.78, 5) is 35.3. The van der Waals surface area contributed by atoms with E-state index in [0.29, 0.717) is 16.7 Å². The molecule has 3 N–H and O–H groups in total. The number of anilines is 1. The molecule has 0 radical (unpaired) electrons. The molecule has 0 spiro atoms. The fraction of sp³-hybridized carbons (Fsp3) is 0.294. The Balaban J connectivity index is 1.43. The van der Waals surface area contributed by atoms with Crippen molar-refractivity contribution in [1.29, 1.82) is 0 Å². The molecule has 0 aliphatic carbocycles.